The van der Waals surface area contributed by atoms with Crippen LogP contribution in [0.2, 0.25) is 0 Å². The first-order valence-corrected chi connectivity index (χ1v) is 9.45. The molecule has 1 saturated heterocycles. The zero-order valence-electron chi connectivity index (χ0n) is 15.8. The fourth-order valence-electron chi connectivity index (χ4n) is 3.43. The average Bonchev–Trinajstić information content (AvgIpc) is 3.49. The lowest BCUT2D eigenvalue weighted by Crippen LogP contribution is -2.15. The van der Waals surface area contributed by atoms with Gasteiger partial charge in [-0.2, -0.15) is 4.98 Å². The standard InChI is InChI=1S/C21H19N5O3/c1-13-5-6-14(19-24-21(29-25-19)15-7-9-28-12-15)10-16(13)23-20(27)17-11-22-18-4-2-3-8-26(17)18/h2-6,8,10-11,15H,7,9,12H2,1H3,(H,23,27). The Morgan fingerprint density at radius 3 is 3.07 bits per heavy atom. The molecule has 0 bridgehead atoms. The largest absolute Gasteiger partial charge is 0.381 e. The summed E-state index contributed by atoms with van der Waals surface area (Å²) < 4.78 is 12.6. The summed E-state index contributed by atoms with van der Waals surface area (Å²) >= 11 is 0. The second-order valence-corrected chi connectivity index (χ2v) is 7.07. The number of nitrogens with one attached hydrogen (secondary N) is 1. The van der Waals surface area contributed by atoms with E-state index in [0.717, 1.165) is 23.2 Å². The molecule has 4 aromatic rings. The van der Waals surface area contributed by atoms with Gasteiger partial charge in [0, 0.05) is 24.1 Å². The summed E-state index contributed by atoms with van der Waals surface area (Å²) in [5.74, 6) is 1.00. The Morgan fingerprint density at radius 1 is 1.28 bits per heavy atom. The van der Waals surface area contributed by atoms with E-state index in [2.05, 4.69) is 20.4 Å². The molecule has 29 heavy (non-hydrogen) atoms. The molecule has 1 aliphatic heterocycles. The summed E-state index contributed by atoms with van der Waals surface area (Å²) in [7, 11) is 0. The molecule has 1 aliphatic rings. The lowest BCUT2D eigenvalue weighted by molar-refractivity contribution is 0.102. The van der Waals surface area contributed by atoms with Crippen molar-refractivity contribution in [3.63, 3.8) is 0 Å². The SMILES string of the molecule is Cc1ccc(-c2noc(C3CCOC3)n2)cc1NC(=O)c1cnc2ccccn12. The summed E-state index contributed by atoms with van der Waals surface area (Å²) in [5.41, 5.74) is 3.59. The maximum absolute atomic E-state index is 12.8. The Morgan fingerprint density at radius 2 is 2.21 bits per heavy atom. The molecule has 146 valence electrons. The minimum absolute atomic E-state index is 0.149. The molecule has 3 aromatic heterocycles. The number of aryl methyl sites for hydroxylation is 1. The van der Waals surface area contributed by atoms with Crippen LogP contribution in [0.25, 0.3) is 17.0 Å². The van der Waals surface area contributed by atoms with Gasteiger partial charge in [0.25, 0.3) is 5.91 Å². The third-order valence-electron chi connectivity index (χ3n) is 5.11. The quantitative estimate of drug-likeness (QED) is 0.574. The zero-order chi connectivity index (χ0) is 19.8. The number of hydrogen-bond donors (Lipinski definition) is 1. The fourth-order valence-corrected chi connectivity index (χ4v) is 3.43. The van der Waals surface area contributed by atoms with Crippen LogP contribution in [0, 0.1) is 6.92 Å². The molecule has 0 aliphatic carbocycles. The number of benzene rings is 1. The Kier molecular flexibility index (Phi) is 4.33. The Balaban J connectivity index is 1.41. The number of anilines is 1. The number of pyridine rings is 1. The van der Waals surface area contributed by atoms with Crippen LogP contribution < -0.4 is 5.32 Å². The molecule has 4 heterocycles. The maximum Gasteiger partial charge on any atom is 0.274 e. The molecule has 1 amide bonds. The normalized spacial score (nSPS) is 16.4. The Hall–Kier alpha value is -3.52. The zero-order valence-corrected chi connectivity index (χ0v) is 15.8. The number of ether oxygens (including phenoxy) is 1. The van der Waals surface area contributed by atoms with E-state index < -0.39 is 0 Å². The number of carbonyl (C=O) groups excluding carboxylic acids is 1. The van der Waals surface area contributed by atoms with Gasteiger partial charge in [-0.15, -0.1) is 0 Å². The monoisotopic (exact) mass is 389 g/mol. The number of imidazole rings is 1. The highest BCUT2D eigenvalue weighted by Gasteiger charge is 2.24. The van der Waals surface area contributed by atoms with E-state index in [0.29, 0.717) is 36.3 Å². The van der Waals surface area contributed by atoms with E-state index in [-0.39, 0.29) is 11.8 Å². The molecule has 1 aromatic carbocycles. The van der Waals surface area contributed by atoms with Gasteiger partial charge in [0.15, 0.2) is 0 Å². The van der Waals surface area contributed by atoms with E-state index in [1.54, 1.807) is 10.6 Å². The van der Waals surface area contributed by atoms with Crippen molar-refractivity contribution >= 4 is 17.2 Å². The first-order valence-electron chi connectivity index (χ1n) is 9.45. The van der Waals surface area contributed by atoms with Crippen molar-refractivity contribution in [3.05, 3.63) is 65.9 Å². The number of fused-ring (bicyclic) bond motifs is 1. The highest BCUT2D eigenvalue weighted by molar-refractivity contribution is 6.04. The maximum atomic E-state index is 12.8. The molecular formula is C21H19N5O3. The lowest BCUT2D eigenvalue weighted by atomic mass is 10.1. The molecule has 0 spiro atoms. The van der Waals surface area contributed by atoms with Crippen molar-refractivity contribution in [1.82, 2.24) is 19.5 Å². The van der Waals surface area contributed by atoms with Crippen LogP contribution in [0.3, 0.4) is 0 Å². The van der Waals surface area contributed by atoms with Gasteiger partial charge in [-0.3, -0.25) is 9.20 Å². The van der Waals surface area contributed by atoms with Crippen molar-refractivity contribution in [1.29, 1.82) is 0 Å². The summed E-state index contributed by atoms with van der Waals surface area (Å²) in [6.45, 7) is 3.26. The van der Waals surface area contributed by atoms with Gasteiger partial charge < -0.3 is 14.6 Å². The summed E-state index contributed by atoms with van der Waals surface area (Å²) in [4.78, 5) is 21.6. The van der Waals surface area contributed by atoms with Crippen LogP contribution >= 0.6 is 0 Å². The number of rotatable bonds is 4. The molecule has 0 saturated carbocycles. The Labute approximate surface area is 166 Å². The topological polar surface area (TPSA) is 94.5 Å². The van der Waals surface area contributed by atoms with Crippen molar-refractivity contribution in [2.24, 2.45) is 0 Å². The van der Waals surface area contributed by atoms with Crippen LogP contribution in [0.1, 0.15) is 34.3 Å². The van der Waals surface area contributed by atoms with Crippen molar-refractivity contribution in [3.8, 4) is 11.4 Å². The van der Waals surface area contributed by atoms with Crippen LogP contribution in [-0.4, -0.2) is 38.6 Å². The molecular weight excluding hydrogens is 370 g/mol. The summed E-state index contributed by atoms with van der Waals surface area (Å²) in [5, 5.41) is 7.07. The van der Waals surface area contributed by atoms with E-state index in [1.165, 1.54) is 0 Å². The van der Waals surface area contributed by atoms with Crippen LogP contribution in [0.15, 0.2) is 53.3 Å². The van der Waals surface area contributed by atoms with Gasteiger partial charge in [-0.1, -0.05) is 23.4 Å². The molecule has 0 radical (unpaired) electrons. The Bertz CT molecular complexity index is 1190. The van der Waals surface area contributed by atoms with Crippen molar-refractivity contribution in [2.75, 3.05) is 18.5 Å². The second kappa shape index (κ2) is 7.14. The van der Waals surface area contributed by atoms with Gasteiger partial charge in [0.2, 0.25) is 11.7 Å². The van der Waals surface area contributed by atoms with Gasteiger partial charge in [0.1, 0.15) is 11.3 Å². The van der Waals surface area contributed by atoms with Crippen molar-refractivity contribution < 1.29 is 14.1 Å². The van der Waals surface area contributed by atoms with E-state index in [4.69, 9.17) is 9.26 Å². The minimum atomic E-state index is -0.235. The first kappa shape index (κ1) is 17.6. The highest BCUT2D eigenvalue weighted by Crippen LogP contribution is 2.28. The molecule has 8 nitrogen and oxygen atoms in total. The van der Waals surface area contributed by atoms with Crippen LogP contribution in [0.5, 0.6) is 0 Å². The van der Waals surface area contributed by atoms with E-state index >= 15 is 0 Å². The number of aromatic nitrogens is 4. The summed E-state index contributed by atoms with van der Waals surface area (Å²) in [6, 6.07) is 11.3. The highest BCUT2D eigenvalue weighted by atomic mass is 16.5. The van der Waals surface area contributed by atoms with E-state index in [9.17, 15) is 4.79 Å². The van der Waals surface area contributed by atoms with Crippen molar-refractivity contribution in [2.45, 2.75) is 19.3 Å². The molecule has 5 rings (SSSR count). The molecule has 8 heteroatoms. The predicted octanol–water partition coefficient (Wildman–Crippen LogP) is 3.45. The molecule has 1 unspecified atom stereocenters. The van der Waals surface area contributed by atoms with Gasteiger partial charge in [-0.05, 0) is 37.1 Å². The number of amides is 1. The van der Waals surface area contributed by atoms with Crippen LogP contribution in [-0.2, 0) is 4.74 Å². The van der Waals surface area contributed by atoms with Gasteiger partial charge in [0.05, 0.1) is 18.7 Å². The minimum Gasteiger partial charge on any atom is -0.381 e. The number of carbonyl (C=O) groups is 1. The molecule has 1 atom stereocenters. The van der Waals surface area contributed by atoms with Gasteiger partial charge in [-0.25, -0.2) is 4.98 Å². The average molecular weight is 389 g/mol. The lowest BCUT2D eigenvalue weighted by Gasteiger charge is -2.09. The van der Waals surface area contributed by atoms with E-state index in [1.807, 2.05) is 49.5 Å². The fraction of sp³-hybridized carbons (Fsp3) is 0.238. The smallest absolute Gasteiger partial charge is 0.274 e. The number of nitrogens with zero attached hydrogens (tertiary/aromatic N) is 4. The molecule has 1 fully saturated rings. The predicted molar refractivity (Wildman–Crippen MR) is 106 cm³/mol. The van der Waals surface area contributed by atoms with Crippen LogP contribution in [0.4, 0.5) is 5.69 Å². The second-order valence-electron chi connectivity index (χ2n) is 7.07. The third kappa shape index (κ3) is 3.27. The van der Waals surface area contributed by atoms with Gasteiger partial charge >= 0.3 is 0 Å². The number of hydrogen-bond acceptors (Lipinski definition) is 6. The third-order valence-corrected chi connectivity index (χ3v) is 5.11. The summed E-state index contributed by atoms with van der Waals surface area (Å²) in [6.07, 6.45) is 4.27. The molecule has 1 N–H and O–H groups in total. The first-order chi connectivity index (χ1) is 14.2.